The van der Waals surface area contributed by atoms with Crippen molar-refractivity contribution in [2.45, 2.75) is 97.3 Å². The van der Waals surface area contributed by atoms with Crippen molar-refractivity contribution in [3.63, 3.8) is 0 Å². The average Bonchev–Trinajstić information content (AvgIpc) is 2.94. The van der Waals surface area contributed by atoms with Crippen LogP contribution in [-0.2, 0) is 11.2 Å². The number of aromatic carboxylic acids is 1. The van der Waals surface area contributed by atoms with Crippen LogP contribution in [0.5, 0.6) is 0 Å². The molecule has 0 aliphatic rings. The van der Waals surface area contributed by atoms with Crippen LogP contribution in [0.1, 0.15) is 117 Å². The van der Waals surface area contributed by atoms with Gasteiger partial charge in [-0.25, -0.2) is 9.59 Å². The predicted molar refractivity (Wildman–Crippen MR) is 158 cm³/mol. The van der Waals surface area contributed by atoms with Crippen LogP contribution in [0.15, 0.2) is 66.7 Å². The molecule has 3 rings (SSSR count). The lowest BCUT2D eigenvalue weighted by Crippen LogP contribution is -2.15. The summed E-state index contributed by atoms with van der Waals surface area (Å²) in [6.45, 7) is 4.74. The van der Waals surface area contributed by atoms with Gasteiger partial charge in [-0.05, 0) is 41.7 Å². The zero-order valence-corrected chi connectivity index (χ0v) is 23.4. The number of unbranched alkanes of at least 4 members (excludes halogenated alkanes) is 10. The number of carboxylic acid groups (broad SMARTS) is 1. The summed E-state index contributed by atoms with van der Waals surface area (Å²) in [5.74, 6) is -1.57. The number of hydrogen-bond donors (Lipinski definition) is 1. The number of esters is 1. The highest BCUT2D eigenvalue weighted by Gasteiger charge is 2.21. The Hall–Kier alpha value is -3.14. The summed E-state index contributed by atoms with van der Waals surface area (Å²) in [4.78, 5) is 24.2. The minimum atomic E-state index is -1.07. The third-order valence-corrected chi connectivity index (χ3v) is 6.77. The normalized spacial score (nSPS) is 10.6. The van der Waals surface area contributed by atoms with E-state index in [4.69, 9.17) is 4.74 Å². The highest BCUT2D eigenvalue weighted by atomic mass is 16.5. The Balaban J connectivity index is 0.000000415. The number of hydrogen-bond acceptors (Lipinski definition) is 3. The maximum absolute atomic E-state index is 12.6. The molecule has 0 aliphatic carbocycles. The fourth-order valence-corrected chi connectivity index (χ4v) is 4.58. The summed E-state index contributed by atoms with van der Waals surface area (Å²) < 4.78 is 5.42. The van der Waals surface area contributed by atoms with E-state index in [1.54, 1.807) is 6.07 Å². The molecular formula is C34H46O4. The third kappa shape index (κ3) is 11.5. The maximum Gasteiger partial charge on any atom is 0.339 e. The molecule has 4 heteroatoms. The van der Waals surface area contributed by atoms with Crippen LogP contribution in [0, 0.1) is 0 Å². The molecule has 0 spiro atoms. The minimum absolute atomic E-state index is 0.0522. The Kier molecular flexibility index (Phi) is 15.5. The van der Waals surface area contributed by atoms with E-state index >= 15 is 0 Å². The van der Waals surface area contributed by atoms with E-state index in [2.05, 4.69) is 62.4 Å². The number of ether oxygens (including phenoxy) is 1. The van der Waals surface area contributed by atoms with E-state index in [9.17, 15) is 14.7 Å². The van der Waals surface area contributed by atoms with Gasteiger partial charge in [-0.1, -0.05) is 139 Å². The molecule has 0 atom stereocenters. The highest BCUT2D eigenvalue weighted by Crippen LogP contribution is 2.20. The summed E-state index contributed by atoms with van der Waals surface area (Å²) in [5, 5.41) is 12.1. The second-order valence-electron chi connectivity index (χ2n) is 9.91. The molecular weight excluding hydrogens is 472 g/mol. The van der Waals surface area contributed by atoms with Gasteiger partial charge < -0.3 is 9.84 Å². The molecule has 0 bridgehead atoms. The summed E-state index contributed by atoms with van der Waals surface area (Å²) in [6, 6.07) is 21.8. The van der Waals surface area contributed by atoms with Crippen LogP contribution >= 0.6 is 0 Å². The lowest BCUT2D eigenvalue weighted by atomic mass is 9.96. The lowest BCUT2D eigenvalue weighted by molar-refractivity contribution is 0.0486. The molecule has 0 unspecified atom stereocenters. The number of benzene rings is 3. The van der Waals surface area contributed by atoms with Gasteiger partial charge in [0.1, 0.15) is 0 Å². The first-order valence-corrected chi connectivity index (χ1v) is 14.5. The number of carbonyl (C=O) groups is 2. The number of aryl methyl sites for hydroxylation is 1. The first-order valence-electron chi connectivity index (χ1n) is 14.5. The standard InChI is InChI=1S/C24H38O4.C10H8/c1-3-5-7-9-11-13-16-20-17-15-18-21(23(25)26)22(20)24(27)28-19-14-12-10-8-6-4-2;1-2-6-10-8-4-3-7-9(10)5-1/h15,17-18H,3-14,16,19H2,1-2H3,(H,25,26);1-8H. The van der Waals surface area contributed by atoms with Gasteiger partial charge in [0.2, 0.25) is 0 Å². The maximum atomic E-state index is 12.6. The zero-order valence-electron chi connectivity index (χ0n) is 23.4. The van der Waals surface area contributed by atoms with E-state index in [0.717, 1.165) is 37.7 Å². The molecule has 38 heavy (non-hydrogen) atoms. The van der Waals surface area contributed by atoms with Gasteiger partial charge in [0.15, 0.2) is 0 Å². The summed E-state index contributed by atoms with van der Waals surface area (Å²) in [5.41, 5.74) is 1.09. The van der Waals surface area contributed by atoms with Crippen LogP contribution in [0.2, 0.25) is 0 Å². The second-order valence-corrected chi connectivity index (χ2v) is 9.91. The minimum Gasteiger partial charge on any atom is -0.478 e. The van der Waals surface area contributed by atoms with Gasteiger partial charge in [0.05, 0.1) is 17.7 Å². The van der Waals surface area contributed by atoms with E-state index in [-0.39, 0.29) is 11.1 Å². The van der Waals surface area contributed by atoms with Gasteiger partial charge in [-0.2, -0.15) is 0 Å². The van der Waals surface area contributed by atoms with E-state index < -0.39 is 11.9 Å². The number of carbonyl (C=O) groups excluding carboxylic acids is 1. The number of fused-ring (bicyclic) bond motifs is 1. The molecule has 0 fully saturated rings. The SMILES string of the molecule is CCCCCCCCOC(=O)c1c(CCCCCCCC)cccc1C(=O)O.c1ccc2ccccc2c1. The lowest BCUT2D eigenvalue weighted by Gasteiger charge is -2.12. The molecule has 0 radical (unpaired) electrons. The van der Waals surface area contributed by atoms with Gasteiger partial charge in [0.25, 0.3) is 0 Å². The zero-order chi connectivity index (χ0) is 27.4. The number of rotatable bonds is 16. The molecule has 0 amide bonds. The highest BCUT2D eigenvalue weighted by molar-refractivity contribution is 6.03. The Bertz CT molecular complexity index is 1020. The average molecular weight is 519 g/mol. The van der Waals surface area contributed by atoms with E-state index in [0.29, 0.717) is 13.0 Å². The fraction of sp³-hybridized carbons (Fsp3) is 0.471. The molecule has 206 valence electrons. The van der Waals surface area contributed by atoms with Gasteiger partial charge >= 0.3 is 11.9 Å². The Labute approximate surface area is 229 Å². The molecule has 3 aromatic carbocycles. The molecule has 0 aliphatic heterocycles. The van der Waals surface area contributed by atoms with Crippen LogP contribution in [0.3, 0.4) is 0 Å². The quantitative estimate of drug-likeness (QED) is 0.151. The van der Waals surface area contributed by atoms with E-state index in [1.807, 2.05) is 6.07 Å². The molecule has 1 N–H and O–H groups in total. The Morgan fingerprint density at radius 3 is 1.66 bits per heavy atom. The molecule has 0 saturated heterocycles. The van der Waals surface area contributed by atoms with Gasteiger partial charge in [-0.3, -0.25) is 0 Å². The Morgan fingerprint density at radius 2 is 1.13 bits per heavy atom. The van der Waals surface area contributed by atoms with Crippen molar-refractivity contribution >= 4 is 22.7 Å². The smallest absolute Gasteiger partial charge is 0.339 e. The van der Waals surface area contributed by atoms with Crippen molar-refractivity contribution < 1.29 is 19.4 Å². The number of carboxylic acids is 1. The van der Waals surface area contributed by atoms with Gasteiger partial charge in [-0.15, -0.1) is 0 Å². The van der Waals surface area contributed by atoms with Crippen molar-refractivity contribution in [2.24, 2.45) is 0 Å². The van der Waals surface area contributed by atoms with Crippen LogP contribution in [0.4, 0.5) is 0 Å². The predicted octanol–water partition coefficient (Wildman–Crippen LogP) is 9.64. The van der Waals surface area contributed by atoms with Crippen LogP contribution < -0.4 is 0 Å². The second kappa shape index (κ2) is 19.0. The topological polar surface area (TPSA) is 63.6 Å². The largest absolute Gasteiger partial charge is 0.478 e. The van der Waals surface area contributed by atoms with Crippen LogP contribution in [-0.4, -0.2) is 23.7 Å². The Morgan fingerprint density at radius 1 is 0.632 bits per heavy atom. The van der Waals surface area contributed by atoms with Crippen molar-refractivity contribution in [1.29, 1.82) is 0 Å². The van der Waals surface area contributed by atoms with Crippen LogP contribution in [0.25, 0.3) is 10.8 Å². The van der Waals surface area contributed by atoms with Crippen molar-refractivity contribution in [3.05, 3.63) is 83.4 Å². The first kappa shape index (κ1) is 31.1. The third-order valence-electron chi connectivity index (χ3n) is 6.77. The molecule has 0 heterocycles. The molecule has 4 nitrogen and oxygen atoms in total. The van der Waals surface area contributed by atoms with Crippen molar-refractivity contribution in [3.8, 4) is 0 Å². The van der Waals surface area contributed by atoms with Crippen molar-refractivity contribution in [1.82, 2.24) is 0 Å². The van der Waals surface area contributed by atoms with Crippen molar-refractivity contribution in [2.75, 3.05) is 6.61 Å². The summed E-state index contributed by atoms with van der Waals surface area (Å²) in [6.07, 6.45) is 14.4. The molecule has 3 aromatic rings. The van der Waals surface area contributed by atoms with Gasteiger partial charge in [0, 0.05) is 0 Å². The monoisotopic (exact) mass is 518 g/mol. The fourth-order valence-electron chi connectivity index (χ4n) is 4.58. The molecule has 0 saturated carbocycles. The van der Waals surface area contributed by atoms with E-state index in [1.165, 1.54) is 61.8 Å². The first-order chi connectivity index (χ1) is 18.6. The molecule has 0 aromatic heterocycles. The summed E-state index contributed by atoms with van der Waals surface area (Å²) >= 11 is 0. The summed E-state index contributed by atoms with van der Waals surface area (Å²) in [7, 11) is 0.